The zero-order valence-corrected chi connectivity index (χ0v) is 17.4. The van der Waals surface area contributed by atoms with Crippen molar-refractivity contribution in [3.05, 3.63) is 35.8 Å². The molecule has 0 bridgehead atoms. The number of aromatic nitrogens is 2. The molecule has 1 fully saturated rings. The summed E-state index contributed by atoms with van der Waals surface area (Å²) in [5.41, 5.74) is 3.18. The topological polar surface area (TPSA) is 61.7 Å². The molecular formula is C17H27Cl2N5OS. The molecular weight excluding hydrogens is 393 g/mol. The third kappa shape index (κ3) is 6.96. The molecule has 1 aliphatic rings. The van der Waals surface area contributed by atoms with Crippen molar-refractivity contribution in [2.75, 3.05) is 45.0 Å². The highest BCUT2D eigenvalue weighted by molar-refractivity contribution is 7.99. The third-order valence-corrected chi connectivity index (χ3v) is 5.06. The number of halogens is 2. The summed E-state index contributed by atoms with van der Waals surface area (Å²) >= 11 is 1.61. The van der Waals surface area contributed by atoms with Crippen LogP contribution in [0.25, 0.3) is 5.65 Å². The molecule has 0 atom stereocenters. The van der Waals surface area contributed by atoms with Gasteiger partial charge in [0.05, 0.1) is 11.4 Å². The van der Waals surface area contributed by atoms with Crippen molar-refractivity contribution in [3.8, 4) is 0 Å². The average Bonchev–Trinajstić information content (AvgIpc) is 2.97. The van der Waals surface area contributed by atoms with Gasteiger partial charge in [-0.15, -0.1) is 36.6 Å². The molecule has 0 radical (unpaired) electrons. The normalized spacial score (nSPS) is 14.5. The fourth-order valence-corrected chi connectivity index (χ4v) is 3.55. The van der Waals surface area contributed by atoms with Crippen molar-refractivity contribution in [2.24, 2.45) is 0 Å². The van der Waals surface area contributed by atoms with Crippen molar-refractivity contribution in [3.63, 3.8) is 0 Å². The molecule has 26 heavy (non-hydrogen) atoms. The van der Waals surface area contributed by atoms with Crippen molar-refractivity contribution in [1.29, 1.82) is 0 Å². The molecule has 9 heteroatoms. The fourth-order valence-electron chi connectivity index (χ4n) is 2.81. The first-order valence-electron chi connectivity index (χ1n) is 8.42. The lowest BCUT2D eigenvalue weighted by Crippen LogP contribution is -2.46. The van der Waals surface area contributed by atoms with E-state index in [1.807, 2.05) is 16.7 Å². The Morgan fingerprint density at radius 1 is 1.27 bits per heavy atom. The lowest BCUT2D eigenvalue weighted by molar-refractivity contribution is -0.118. The molecule has 6 nitrogen and oxygen atoms in total. The molecule has 3 heterocycles. The second-order valence-corrected chi connectivity index (χ2v) is 7.12. The second kappa shape index (κ2) is 11.7. The number of hydrogen-bond acceptors (Lipinski definition) is 5. The molecule has 3 rings (SSSR count). The van der Waals surface area contributed by atoms with E-state index in [1.54, 1.807) is 11.8 Å². The number of imidazole rings is 1. The van der Waals surface area contributed by atoms with Crippen molar-refractivity contribution < 1.29 is 4.79 Å². The number of nitrogens with zero attached hydrogens (tertiary/aromatic N) is 3. The standard InChI is InChI=1S/C17H25N5OS.2ClH/c1-14-2-3-16-20-15(11-22(16)10-14)12-24-13-17(23)19-6-9-21-7-4-18-5-8-21;;/h2-3,10-11,18H,4-9,12-13H2,1H3,(H,19,23);2*1H. The quantitative estimate of drug-likeness (QED) is 0.715. The van der Waals surface area contributed by atoms with Gasteiger partial charge in [0.15, 0.2) is 0 Å². The van der Waals surface area contributed by atoms with Crippen LogP contribution in [0, 0.1) is 6.92 Å². The van der Waals surface area contributed by atoms with Crippen molar-refractivity contribution in [2.45, 2.75) is 12.7 Å². The molecule has 0 aliphatic carbocycles. The van der Waals surface area contributed by atoms with Gasteiger partial charge in [0.1, 0.15) is 5.65 Å². The number of amides is 1. The van der Waals surface area contributed by atoms with Crippen LogP contribution in [-0.4, -0.2) is 65.2 Å². The van der Waals surface area contributed by atoms with Crippen LogP contribution < -0.4 is 10.6 Å². The van der Waals surface area contributed by atoms with Gasteiger partial charge in [-0.1, -0.05) is 6.07 Å². The minimum Gasteiger partial charge on any atom is -0.354 e. The first-order chi connectivity index (χ1) is 11.7. The van der Waals surface area contributed by atoms with E-state index in [9.17, 15) is 4.79 Å². The molecule has 0 unspecified atom stereocenters. The number of rotatable bonds is 7. The molecule has 146 valence electrons. The summed E-state index contributed by atoms with van der Waals surface area (Å²) in [6.45, 7) is 7.95. The molecule has 2 aromatic heterocycles. The zero-order valence-electron chi connectivity index (χ0n) is 14.9. The van der Waals surface area contributed by atoms with Crippen molar-refractivity contribution >= 4 is 48.1 Å². The minimum absolute atomic E-state index is 0. The van der Waals surface area contributed by atoms with E-state index in [-0.39, 0.29) is 30.7 Å². The van der Waals surface area contributed by atoms with E-state index in [0.29, 0.717) is 5.75 Å². The van der Waals surface area contributed by atoms with E-state index in [4.69, 9.17) is 0 Å². The molecule has 0 aromatic carbocycles. The smallest absolute Gasteiger partial charge is 0.230 e. The predicted octanol–water partition coefficient (Wildman–Crippen LogP) is 1.74. The van der Waals surface area contributed by atoms with Crippen LogP contribution in [0.15, 0.2) is 24.5 Å². The number of nitrogens with one attached hydrogen (secondary N) is 2. The molecule has 0 spiro atoms. The maximum Gasteiger partial charge on any atom is 0.230 e. The van der Waals surface area contributed by atoms with Gasteiger partial charge in [-0.05, 0) is 18.6 Å². The van der Waals surface area contributed by atoms with Gasteiger partial charge >= 0.3 is 0 Å². The lowest BCUT2D eigenvalue weighted by atomic mass is 10.3. The largest absolute Gasteiger partial charge is 0.354 e. The Kier molecular flexibility index (Phi) is 10.3. The Morgan fingerprint density at radius 3 is 2.81 bits per heavy atom. The maximum absolute atomic E-state index is 11.9. The van der Waals surface area contributed by atoms with Gasteiger partial charge in [0.25, 0.3) is 0 Å². The van der Waals surface area contributed by atoms with Gasteiger partial charge in [0, 0.05) is 57.4 Å². The highest BCUT2D eigenvalue weighted by Crippen LogP contribution is 2.13. The third-order valence-electron chi connectivity index (χ3n) is 4.09. The summed E-state index contributed by atoms with van der Waals surface area (Å²) in [5.74, 6) is 1.34. The van der Waals surface area contributed by atoms with Gasteiger partial charge in [-0.3, -0.25) is 9.69 Å². The summed E-state index contributed by atoms with van der Waals surface area (Å²) in [6, 6.07) is 4.08. The average molecular weight is 420 g/mol. The van der Waals surface area contributed by atoms with Crippen molar-refractivity contribution in [1.82, 2.24) is 24.9 Å². The lowest BCUT2D eigenvalue weighted by Gasteiger charge is -2.27. The molecule has 2 aromatic rings. The predicted molar refractivity (Wildman–Crippen MR) is 113 cm³/mol. The van der Waals surface area contributed by atoms with Gasteiger partial charge in [0.2, 0.25) is 5.91 Å². The summed E-state index contributed by atoms with van der Waals surface area (Å²) in [6.07, 6.45) is 4.11. The first-order valence-corrected chi connectivity index (χ1v) is 9.58. The monoisotopic (exact) mass is 419 g/mol. The van der Waals surface area contributed by atoms with E-state index in [2.05, 4.69) is 39.7 Å². The SMILES string of the molecule is Cc1ccc2nc(CSCC(=O)NCCN3CCNCC3)cn2c1.Cl.Cl. The number of thioether (sulfide) groups is 1. The Bertz CT molecular complexity index is 691. The summed E-state index contributed by atoms with van der Waals surface area (Å²) in [5, 5.41) is 6.33. The van der Waals surface area contributed by atoms with Gasteiger partial charge < -0.3 is 15.0 Å². The highest BCUT2D eigenvalue weighted by atomic mass is 35.5. The zero-order chi connectivity index (χ0) is 16.8. The van der Waals surface area contributed by atoms with E-state index in [0.717, 1.165) is 56.4 Å². The van der Waals surface area contributed by atoms with Gasteiger partial charge in [-0.25, -0.2) is 4.98 Å². The van der Waals surface area contributed by atoms with Crippen LogP contribution >= 0.6 is 36.6 Å². The van der Waals surface area contributed by atoms with Crippen LogP contribution in [0.4, 0.5) is 0 Å². The Morgan fingerprint density at radius 2 is 2.04 bits per heavy atom. The Labute approximate surface area is 171 Å². The summed E-state index contributed by atoms with van der Waals surface area (Å²) < 4.78 is 2.04. The number of carbonyl (C=O) groups excluding carboxylic acids is 1. The van der Waals surface area contributed by atoms with Crippen LogP contribution in [0.1, 0.15) is 11.3 Å². The number of pyridine rings is 1. The molecule has 1 saturated heterocycles. The van der Waals surface area contributed by atoms with Crippen LogP contribution in [-0.2, 0) is 10.5 Å². The van der Waals surface area contributed by atoms with Crippen LogP contribution in [0.2, 0.25) is 0 Å². The summed E-state index contributed by atoms with van der Waals surface area (Å²) in [7, 11) is 0. The molecule has 1 amide bonds. The first kappa shape index (κ1) is 23.0. The van der Waals surface area contributed by atoms with E-state index in [1.165, 1.54) is 5.56 Å². The van der Waals surface area contributed by atoms with E-state index >= 15 is 0 Å². The minimum atomic E-state index is 0. The maximum atomic E-state index is 11.9. The molecule has 1 aliphatic heterocycles. The van der Waals surface area contributed by atoms with Crippen LogP contribution in [0.3, 0.4) is 0 Å². The Hall–Kier alpha value is -0.990. The Balaban J connectivity index is 0.00000169. The number of hydrogen-bond donors (Lipinski definition) is 2. The number of fused-ring (bicyclic) bond motifs is 1. The number of carbonyl (C=O) groups is 1. The highest BCUT2D eigenvalue weighted by Gasteiger charge is 2.09. The van der Waals surface area contributed by atoms with Gasteiger partial charge in [-0.2, -0.15) is 0 Å². The number of aryl methyl sites for hydroxylation is 1. The second-order valence-electron chi connectivity index (χ2n) is 6.14. The van der Waals surface area contributed by atoms with Crippen LogP contribution in [0.5, 0.6) is 0 Å². The van der Waals surface area contributed by atoms with E-state index < -0.39 is 0 Å². The fraction of sp³-hybridized carbons (Fsp3) is 0.529. The summed E-state index contributed by atoms with van der Waals surface area (Å²) in [4.78, 5) is 18.9. The number of piperazine rings is 1. The molecule has 0 saturated carbocycles. The molecule has 2 N–H and O–H groups in total.